The van der Waals surface area contributed by atoms with Crippen LogP contribution in [-0.4, -0.2) is 11.9 Å². The van der Waals surface area contributed by atoms with Gasteiger partial charge in [-0.1, -0.05) is 55.1 Å². The van der Waals surface area contributed by atoms with Gasteiger partial charge in [0.15, 0.2) is 0 Å². The lowest BCUT2D eigenvalue weighted by Gasteiger charge is -2.09. The van der Waals surface area contributed by atoms with Gasteiger partial charge in [-0.2, -0.15) is 0 Å². The molecule has 0 aliphatic carbocycles. The van der Waals surface area contributed by atoms with Crippen LogP contribution in [0, 0.1) is 0 Å². The molecule has 122 valence electrons. The highest BCUT2D eigenvalue weighted by Crippen LogP contribution is 2.20. The zero-order valence-corrected chi connectivity index (χ0v) is 13.4. The van der Waals surface area contributed by atoms with Crippen molar-refractivity contribution < 1.29 is 19.1 Å². The summed E-state index contributed by atoms with van der Waals surface area (Å²) in [5.74, 6) is -0.551. The molecule has 2 aromatic carbocycles. The first kappa shape index (κ1) is 17.2. The summed E-state index contributed by atoms with van der Waals surface area (Å²) in [5.41, 5.74) is 2.06. The Morgan fingerprint density at radius 3 is 2.29 bits per heavy atom. The van der Waals surface area contributed by atoms with Crippen LogP contribution < -0.4 is 4.74 Å². The molecule has 0 spiro atoms. The van der Waals surface area contributed by atoms with Crippen molar-refractivity contribution in [3.63, 3.8) is 0 Å². The van der Waals surface area contributed by atoms with E-state index in [1.807, 2.05) is 30.3 Å². The summed E-state index contributed by atoms with van der Waals surface area (Å²) >= 11 is 0. The lowest BCUT2D eigenvalue weighted by atomic mass is 10.1. The highest BCUT2D eigenvalue weighted by Gasteiger charge is 2.13. The van der Waals surface area contributed by atoms with Crippen molar-refractivity contribution in [2.24, 2.45) is 0 Å². The average molecular weight is 322 g/mol. The molecule has 0 amide bonds. The smallest absolute Gasteiger partial charge is 0.338 e. The summed E-state index contributed by atoms with van der Waals surface area (Å²) in [6.07, 6.45) is 2.78. The van der Waals surface area contributed by atoms with Gasteiger partial charge in [0, 0.05) is 6.08 Å². The van der Waals surface area contributed by atoms with Crippen molar-refractivity contribution in [2.75, 3.05) is 0 Å². The first-order valence-electron chi connectivity index (χ1n) is 7.46. The summed E-state index contributed by atoms with van der Waals surface area (Å²) in [7, 11) is 0. The minimum absolute atomic E-state index is 0.214. The monoisotopic (exact) mass is 322 g/mol. The normalized spacial score (nSPS) is 10.8. The van der Waals surface area contributed by atoms with Crippen LogP contribution in [0.25, 0.3) is 5.57 Å². The summed E-state index contributed by atoms with van der Waals surface area (Å²) in [5, 5.41) is 0. The van der Waals surface area contributed by atoms with E-state index in [-0.39, 0.29) is 6.61 Å². The second-order valence-corrected chi connectivity index (χ2v) is 4.91. The third-order valence-corrected chi connectivity index (χ3v) is 3.27. The minimum atomic E-state index is -0.531. The Balaban J connectivity index is 2.03. The number of carbonyl (C=O) groups excluding carboxylic acids is 2. The summed E-state index contributed by atoms with van der Waals surface area (Å²) in [6.45, 7) is 5.32. The van der Waals surface area contributed by atoms with E-state index in [1.165, 1.54) is 0 Å². The SMILES string of the molecule is C=CC(=O)Oc1ccc(C(=CC)C(=O)OCc2ccccc2)cc1. The van der Waals surface area contributed by atoms with E-state index in [9.17, 15) is 9.59 Å². The fourth-order valence-electron chi connectivity index (χ4n) is 2.06. The van der Waals surface area contributed by atoms with Crippen molar-refractivity contribution in [3.05, 3.63) is 84.5 Å². The number of esters is 2. The molecule has 0 saturated heterocycles. The molecule has 0 fully saturated rings. The summed E-state index contributed by atoms with van der Waals surface area (Å²) in [4.78, 5) is 23.4. The van der Waals surface area contributed by atoms with E-state index >= 15 is 0 Å². The maximum atomic E-state index is 12.3. The van der Waals surface area contributed by atoms with Gasteiger partial charge in [0.1, 0.15) is 12.4 Å². The van der Waals surface area contributed by atoms with Crippen LogP contribution in [0.3, 0.4) is 0 Å². The number of ether oxygens (including phenoxy) is 2. The van der Waals surface area contributed by atoms with Crippen LogP contribution in [0.2, 0.25) is 0 Å². The van der Waals surface area contributed by atoms with E-state index < -0.39 is 11.9 Å². The molecule has 0 bridgehead atoms. The van der Waals surface area contributed by atoms with Gasteiger partial charge < -0.3 is 9.47 Å². The van der Waals surface area contributed by atoms with E-state index in [0.717, 1.165) is 11.6 Å². The minimum Gasteiger partial charge on any atom is -0.457 e. The van der Waals surface area contributed by atoms with Crippen molar-refractivity contribution >= 4 is 17.5 Å². The quantitative estimate of drug-likeness (QED) is 0.459. The van der Waals surface area contributed by atoms with Gasteiger partial charge in [-0.15, -0.1) is 0 Å². The Morgan fingerprint density at radius 2 is 1.71 bits per heavy atom. The van der Waals surface area contributed by atoms with Gasteiger partial charge in [0.2, 0.25) is 0 Å². The molecule has 0 unspecified atom stereocenters. The van der Waals surface area contributed by atoms with Gasteiger partial charge in [-0.3, -0.25) is 0 Å². The molecule has 0 heterocycles. The van der Waals surface area contributed by atoms with Gasteiger partial charge in [-0.05, 0) is 30.2 Å². The Morgan fingerprint density at radius 1 is 1.04 bits per heavy atom. The number of hydrogen-bond donors (Lipinski definition) is 0. The van der Waals surface area contributed by atoms with Gasteiger partial charge in [0.05, 0.1) is 5.57 Å². The van der Waals surface area contributed by atoms with Crippen molar-refractivity contribution in [1.29, 1.82) is 0 Å². The third-order valence-electron chi connectivity index (χ3n) is 3.27. The van der Waals surface area contributed by atoms with Gasteiger partial charge in [-0.25, -0.2) is 9.59 Å². The van der Waals surface area contributed by atoms with Crippen molar-refractivity contribution in [1.82, 2.24) is 0 Å². The molecule has 0 N–H and O–H groups in total. The molecule has 0 radical (unpaired) electrons. The van der Waals surface area contributed by atoms with E-state index in [4.69, 9.17) is 9.47 Å². The molecule has 2 aromatic rings. The molecule has 0 aromatic heterocycles. The number of allylic oxidation sites excluding steroid dienone is 1. The van der Waals surface area contributed by atoms with Crippen LogP contribution in [0.4, 0.5) is 0 Å². The lowest BCUT2D eigenvalue weighted by Crippen LogP contribution is -2.07. The fraction of sp³-hybridized carbons (Fsp3) is 0.100. The Kier molecular flexibility index (Phi) is 6.08. The molecule has 0 aliphatic heterocycles. The number of carbonyl (C=O) groups is 2. The predicted molar refractivity (Wildman–Crippen MR) is 92.2 cm³/mol. The predicted octanol–water partition coefficient (Wildman–Crippen LogP) is 3.92. The number of hydrogen-bond acceptors (Lipinski definition) is 4. The zero-order chi connectivity index (χ0) is 17.4. The highest BCUT2D eigenvalue weighted by molar-refractivity contribution is 6.16. The van der Waals surface area contributed by atoms with Crippen LogP contribution in [-0.2, 0) is 20.9 Å². The zero-order valence-electron chi connectivity index (χ0n) is 13.4. The number of benzene rings is 2. The average Bonchev–Trinajstić information content (AvgIpc) is 2.62. The maximum absolute atomic E-state index is 12.3. The first-order chi connectivity index (χ1) is 11.6. The molecule has 2 rings (SSSR count). The maximum Gasteiger partial charge on any atom is 0.338 e. The molecule has 0 saturated carbocycles. The van der Waals surface area contributed by atoms with E-state index in [0.29, 0.717) is 16.9 Å². The molecule has 24 heavy (non-hydrogen) atoms. The highest BCUT2D eigenvalue weighted by atomic mass is 16.5. The van der Waals surface area contributed by atoms with Crippen LogP contribution in [0.5, 0.6) is 5.75 Å². The largest absolute Gasteiger partial charge is 0.457 e. The van der Waals surface area contributed by atoms with Crippen LogP contribution in [0.1, 0.15) is 18.1 Å². The second-order valence-electron chi connectivity index (χ2n) is 4.91. The Labute approximate surface area is 141 Å². The van der Waals surface area contributed by atoms with Crippen molar-refractivity contribution in [2.45, 2.75) is 13.5 Å². The summed E-state index contributed by atoms with van der Waals surface area (Å²) < 4.78 is 10.3. The molecular weight excluding hydrogens is 304 g/mol. The topological polar surface area (TPSA) is 52.6 Å². The molecule has 4 nitrogen and oxygen atoms in total. The van der Waals surface area contributed by atoms with Crippen molar-refractivity contribution in [3.8, 4) is 5.75 Å². The van der Waals surface area contributed by atoms with Gasteiger partial charge in [0.25, 0.3) is 0 Å². The van der Waals surface area contributed by atoms with Crippen LogP contribution in [0.15, 0.2) is 73.3 Å². The Bertz CT molecular complexity index is 743. The second kappa shape index (κ2) is 8.48. The van der Waals surface area contributed by atoms with E-state index in [2.05, 4.69) is 6.58 Å². The molecule has 0 aliphatic rings. The van der Waals surface area contributed by atoms with E-state index in [1.54, 1.807) is 37.3 Å². The van der Waals surface area contributed by atoms with Gasteiger partial charge >= 0.3 is 11.9 Å². The van der Waals surface area contributed by atoms with Crippen LogP contribution >= 0.6 is 0 Å². The molecule has 0 atom stereocenters. The molecular formula is C20H18O4. The summed E-state index contributed by atoms with van der Waals surface area (Å²) in [6, 6.07) is 16.1. The Hall–Kier alpha value is -3.14. The fourth-order valence-corrected chi connectivity index (χ4v) is 2.06. The first-order valence-corrected chi connectivity index (χ1v) is 7.46. The standard InChI is InChI=1S/C20H18O4/c1-3-18(20(22)23-14-15-8-6-5-7-9-15)16-10-12-17(13-11-16)24-19(21)4-2/h3-13H,2,14H2,1H3. The molecule has 4 heteroatoms. The number of rotatable bonds is 6. The third kappa shape index (κ3) is 4.68. The lowest BCUT2D eigenvalue weighted by molar-refractivity contribution is -0.137.